The Kier molecular flexibility index (Phi) is 5.20. The van der Waals surface area contributed by atoms with Crippen LogP contribution in [-0.4, -0.2) is 36.2 Å². The van der Waals surface area contributed by atoms with Gasteiger partial charge in [0.15, 0.2) is 17.8 Å². The third-order valence-corrected chi connectivity index (χ3v) is 5.12. The number of nitrogens with zero attached hydrogens (tertiary/aromatic N) is 2. The second-order valence-electron chi connectivity index (χ2n) is 7.36. The molecule has 0 aliphatic carbocycles. The highest BCUT2D eigenvalue weighted by Gasteiger charge is 2.28. The van der Waals surface area contributed by atoms with Gasteiger partial charge < -0.3 is 14.2 Å². The minimum Gasteiger partial charge on any atom is -0.496 e. The summed E-state index contributed by atoms with van der Waals surface area (Å²) in [6.07, 6.45) is 2.04. The van der Waals surface area contributed by atoms with E-state index < -0.39 is 5.82 Å². The first kappa shape index (κ1) is 19.9. The van der Waals surface area contributed by atoms with E-state index in [9.17, 15) is 9.18 Å². The van der Waals surface area contributed by atoms with Gasteiger partial charge in [-0.1, -0.05) is 0 Å². The molecule has 30 heavy (non-hydrogen) atoms. The fourth-order valence-corrected chi connectivity index (χ4v) is 3.86. The number of aromatic nitrogens is 2. The Morgan fingerprint density at radius 2 is 1.83 bits per heavy atom. The van der Waals surface area contributed by atoms with Crippen molar-refractivity contribution in [3.63, 3.8) is 0 Å². The quantitative estimate of drug-likeness (QED) is 0.564. The lowest BCUT2D eigenvalue weighted by molar-refractivity contribution is 0.111. The third-order valence-electron chi connectivity index (χ3n) is 5.12. The van der Waals surface area contributed by atoms with Gasteiger partial charge in [0.2, 0.25) is 0 Å². The number of halogens is 1. The van der Waals surface area contributed by atoms with E-state index in [2.05, 4.69) is 4.98 Å². The highest BCUT2D eigenvalue weighted by atomic mass is 19.1. The van der Waals surface area contributed by atoms with E-state index in [4.69, 9.17) is 14.2 Å². The molecule has 0 radical (unpaired) electrons. The Bertz CT molecular complexity index is 1120. The Morgan fingerprint density at radius 3 is 2.50 bits per heavy atom. The fraction of sp³-hybridized carbons (Fsp3) is 0.304. The number of aldehydes is 1. The van der Waals surface area contributed by atoms with Crippen LogP contribution in [0.5, 0.6) is 17.2 Å². The number of carbonyl (C=O) groups is 1. The summed E-state index contributed by atoms with van der Waals surface area (Å²) < 4.78 is 32.9. The maximum Gasteiger partial charge on any atom is 0.170 e. The summed E-state index contributed by atoms with van der Waals surface area (Å²) in [4.78, 5) is 16.3. The van der Waals surface area contributed by atoms with Crippen LogP contribution in [0, 0.1) is 5.82 Å². The number of hydrogen-bond donors (Lipinski definition) is 0. The average molecular weight is 410 g/mol. The number of benzene rings is 2. The van der Waals surface area contributed by atoms with E-state index in [1.807, 2.05) is 30.5 Å². The maximum absolute atomic E-state index is 14.1. The topological polar surface area (TPSA) is 62.6 Å². The third kappa shape index (κ3) is 3.30. The number of carbonyl (C=O) groups excluding carboxylic acids is 1. The van der Waals surface area contributed by atoms with Crippen LogP contribution < -0.4 is 14.2 Å². The predicted octanol–water partition coefficient (Wildman–Crippen LogP) is 4.39. The van der Waals surface area contributed by atoms with Crippen molar-refractivity contribution in [1.29, 1.82) is 0 Å². The van der Waals surface area contributed by atoms with E-state index >= 15 is 0 Å². The number of hydrogen-bond acceptors (Lipinski definition) is 5. The Hall–Kier alpha value is -3.35. The van der Waals surface area contributed by atoms with E-state index in [0.29, 0.717) is 40.8 Å². The van der Waals surface area contributed by atoms with Gasteiger partial charge >= 0.3 is 0 Å². The molecule has 156 valence electrons. The predicted molar refractivity (Wildman–Crippen MR) is 111 cm³/mol. The number of imidazole rings is 1. The lowest BCUT2D eigenvalue weighted by atomic mass is 9.99. The number of ether oxygens (including phenoxy) is 3. The van der Waals surface area contributed by atoms with Gasteiger partial charge in [0, 0.05) is 6.07 Å². The van der Waals surface area contributed by atoms with Gasteiger partial charge in [-0.2, -0.15) is 0 Å². The standard InChI is InChI=1S/C23H23FN2O4/c1-13(2)30-22-11-19-14(9-21(22)29-4)5-7-18-17(12-27)25-23(26(18)19)16-10-15(24)6-8-20(16)28-3/h6,8-13H,5,7H2,1-4H3. The monoisotopic (exact) mass is 410 g/mol. The second kappa shape index (κ2) is 7.82. The van der Waals surface area contributed by atoms with Crippen LogP contribution in [0.15, 0.2) is 30.3 Å². The van der Waals surface area contributed by atoms with Gasteiger partial charge in [0.1, 0.15) is 23.1 Å². The minimum absolute atomic E-state index is 0.0453. The van der Waals surface area contributed by atoms with E-state index in [0.717, 1.165) is 29.7 Å². The lowest BCUT2D eigenvalue weighted by Gasteiger charge is -2.24. The normalized spacial score (nSPS) is 12.3. The smallest absolute Gasteiger partial charge is 0.170 e. The number of methoxy groups -OCH3 is 2. The molecule has 3 aromatic rings. The first-order valence-electron chi connectivity index (χ1n) is 9.75. The average Bonchev–Trinajstić information content (AvgIpc) is 3.12. The van der Waals surface area contributed by atoms with E-state index in [1.165, 1.54) is 19.2 Å². The molecule has 0 saturated heterocycles. The summed E-state index contributed by atoms with van der Waals surface area (Å²) >= 11 is 0. The first-order valence-corrected chi connectivity index (χ1v) is 9.75. The molecular formula is C23H23FN2O4. The molecule has 1 aliphatic rings. The minimum atomic E-state index is -0.412. The number of rotatable bonds is 6. The van der Waals surface area contributed by atoms with Gasteiger partial charge in [-0.05, 0) is 56.5 Å². The Balaban J connectivity index is 2.00. The number of aryl methyl sites for hydroxylation is 1. The molecule has 0 fully saturated rings. The SMILES string of the molecule is COc1cc2c(cc1OC(C)C)-n1c(-c3cc(F)ccc3OC)nc(C=O)c1CC2. The van der Waals surface area contributed by atoms with Crippen LogP contribution in [0.4, 0.5) is 4.39 Å². The van der Waals surface area contributed by atoms with Crippen molar-refractivity contribution in [2.24, 2.45) is 0 Å². The molecule has 0 saturated carbocycles. The zero-order valence-corrected chi connectivity index (χ0v) is 17.4. The van der Waals surface area contributed by atoms with Crippen LogP contribution in [0.25, 0.3) is 17.1 Å². The van der Waals surface area contributed by atoms with Crippen molar-refractivity contribution < 1.29 is 23.4 Å². The molecule has 0 spiro atoms. The summed E-state index contributed by atoms with van der Waals surface area (Å²) in [6.45, 7) is 3.88. The largest absolute Gasteiger partial charge is 0.496 e. The zero-order valence-electron chi connectivity index (χ0n) is 17.4. The van der Waals surface area contributed by atoms with Crippen LogP contribution in [0.1, 0.15) is 35.6 Å². The highest BCUT2D eigenvalue weighted by Crippen LogP contribution is 2.41. The molecule has 6 nitrogen and oxygen atoms in total. The second-order valence-corrected chi connectivity index (χ2v) is 7.36. The molecule has 2 heterocycles. The van der Waals surface area contributed by atoms with Crippen molar-refractivity contribution in [3.8, 4) is 34.3 Å². The summed E-state index contributed by atoms with van der Waals surface area (Å²) in [5.41, 5.74) is 3.45. The van der Waals surface area contributed by atoms with Crippen LogP contribution in [-0.2, 0) is 12.8 Å². The lowest BCUT2D eigenvalue weighted by Crippen LogP contribution is -2.15. The van der Waals surface area contributed by atoms with E-state index in [1.54, 1.807) is 13.2 Å². The molecule has 0 N–H and O–H groups in total. The number of fused-ring (bicyclic) bond motifs is 3. The summed E-state index contributed by atoms with van der Waals surface area (Å²) in [6, 6.07) is 8.09. The molecule has 0 amide bonds. The molecule has 0 bridgehead atoms. The van der Waals surface area contributed by atoms with Crippen molar-refractivity contribution in [3.05, 3.63) is 53.1 Å². The summed E-state index contributed by atoms with van der Waals surface area (Å²) in [7, 11) is 3.12. The van der Waals surface area contributed by atoms with Crippen molar-refractivity contribution >= 4 is 6.29 Å². The van der Waals surface area contributed by atoms with Crippen molar-refractivity contribution in [2.45, 2.75) is 32.8 Å². The molecule has 2 aromatic carbocycles. The fourth-order valence-electron chi connectivity index (χ4n) is 3.86. The molecule has 0 atom stereocenters. The Morgan fingerprint density at radius 1 is 1.07 bits per heavy atom. The zero-order chi connectivity index (χ0) is 21.4. The molecule has 1 aliphatic heterocycles. The molecule has 7 heteroatoms. The van der Waals surface area contributed by atoms with Crippen LogP contribution in [0.3, 0.4) is 0 Å². The Labute approximate surface area is 174 Å². The highest BCUT2D eigenvalue weighted by molar-refractivity contribution is 5.79. The van der Waals surface area contributed by atoms with Gasteiger partial charge in [-0.15, -0.1) is 0 Å². The first-order chi connectivity index (χ1) is 14.5. The maximum atomic E-state index is 14.1. The van der Waals surface area contributed by atoms with E-state index in [-0.39, 0.29) is 6.10 Å². The molecule has 0 unspecified atom stereocenters. The van der Waals surface area contributed by atoms with Gasteiger partial charge in [-0.3, -0.25) is 9.36 Å². The van der Waals surface area contributed by atoms with Crippen LogP contribution in [0.2, 0.25) is 0 Å². The summed E-state index contributed by atoms with van der Waals surface area (Å²) in [5.74, 6) is 1.75. The van der Waals surface area contributed by atoms with Gasteiger partial charge in [-0.25, -0.2) is 9.37 Å². The molecular weight excluding hydrogens is 387 g/mol. The molecule has 4 rings (SSSR count). The molecule has 1 aromatic heterocycles. The summed E-state index contributed by atoms with van der Waals surface area (Å²) in [5, 5.41) is 0. The van der Waals surface area contributed by atoms with Gasteiger partial charge in [0.05, 0.1) is 37.3 Å². The van der Waals surface area contributed by atoms with Crippen LogP contribution >= 0.6 is 0 Å². The van der Waals surface area contributed by atoms with Gasteiger partial charge in [0.25, 0.3) is 0 Å². The van der Waals surface area contributed by atoms with Crippen molar-refractivity contribution in [2.75, 3.05) is 14.2 Å². The van der Waals surface area contributed by atoms with Crippen molar-refractivity contribution in [1.82, 2.24) is 9.55 Å².